The fraction of sp³-hybridized carbons (Fsp3) is 0.167. The first-order valence-corrected chi connectivity index (χ1v) is 4.87. The van der Waals surface area contributed by atoms with Gasteiger partial charge in [0.2, 0.25) is 0 Å². The van der Waals surface area contributed by atoms with E-state index in [0.717, 1.165) is 22.3 Å². The van der Waals surface area contributed by atoms with Crippen LogP contribution in [-0.4, -0.2) is 22.1 Å². The highest BCUT2D eigenvalue weighted by Gasteiger charge is 2.02. The van der Waals surface area contributed by atoms with E-state index in [0.29, 0.717) is 0 Å². The van der Waals surface area contributed by atoms with Crippen molar-refractivity contribution in [2.45, 2.75) is 0 Å². The predicted octanol–water partition coefficient (Wildman–Crippen LogP) is 1.12. The quantitative estimate of drug-likeness (QED) is 0.676. The molecule has 0 bridgehead atoms. The molecule has 0 saturated carbocycles. The third-order valence-corrected chi connectivity index (χ3v) is 2.56. The summed E-state index contributed by atoms with van der Waals surface area (Å²) in [7, 11) is 5.41. The Hall–Kier alpha value is -1.64. The molecular formula is C12H13BO2. The van der Waals surface area contributed by atoms with Gasteiger partial charge in [-0.1, -0.05) is 12.1 Å². The SMILES string of the molecule is Bc1cc2ccc(OC)cc2cc1OC. The minimum atomic E-state index is 0.869. The summed E-state index contributed by atoms with van der Waals surface area (Å²) in [5, 5.41) is 2.34. The van der Waals surface area contributed by atoms with Crippen molar-refractivity contribution in [1.29, 1.82) is 0 Å². The highest BCUT2D eigenvalue weighted by atomic mass is 16.5. The van der Waals surface area contributed by atoms with Crippen LogP contribution in [-0.2, 0) is 0 Å². The van der Waals surface area contributed by atoms with Crippen molar-refractivity contribution in [1.82, 2.24) is 0 Å². The standard InChI is InChI=1S/C12H13BO2/c1-14-10-4-3-8-6-11(13)12(15-2)7-9(8)5-10/h3-7H,13H2,1-2H3. The van der Waals surface area contributed by atoms with Crippen molar-refractivity contribution in [3.05, 3.63) is 30.3 Å². The third kappa shape index (κ3) is 1.77. The molecule has 0 amide bonds. The largest absolute Gasteiger partial charge is 0.497 e. The zero-order valence-corrected chi connectivity index (χ0v) is 9.20. The zero-order chi connectivity index (χ0) is 10.8. The number of ether oxygens (including phenoxy) is 2. The molecule has 3 heteroatoms. The molecule has 0 aliphatic heterocycles. The average molecular weight is 200 g/mol. The van der Waals surface area contributed by atoms with Gasteiger partial charge in [0.05, 0.1) is 14.2 Å². The molecule has 0 N–H and O–H groups in total. The number of fused-ring (bicyclic) bond motifs is 1. The lowest BCUT2D eigenvalue weighted by Gasteiger charge is -2.08. The highest BCUT2D eigenvalue weighted by Crippen LogP contribution is 2.23. The fourth-order valence-electron chi connectivity index (χ4n) is 1.72. The maximum absolute atomic E-state index is 5.29. The first kappa shape index (κ1) is 9.90. The summed E-state index contributed by atoms with van der Waals surface area (Å²) in [4.78, 5) is 0. The van der Waals surface area contributed by atoms with E-state index in [1.54, 1.807) is 14.2 Å². The van der Waals surface area contributed by atoms with Crippen LogP contribution in [0.5, 0.6) is 11.5 Å². The van der Waals surface area contributed by atoms with Crippen LogP contribution in [0.25, 0.3) is 10.8 Å². The van der Waals surface area contributed by atoms with E-state index in [4.69, 9.17) is 9.47 Å². The minimum Gasteiger partial charge on any atom is -0.497 e. The summed E-state index contributed by atoms with van der Waals surface area (Å²) < 4.78 is 10.5. The second-order valence-electron chi connectivity index (χ2n) is 3.53. The first-order chi connectivity index (χ1) is 7.24. The first-order valence-electron chi connectivity index (χ1n) is 4.87. The van der Waals surface area contributed by atoms with Crippen LogP contribution < -0.4 is 14.9 Å². The van der Waals surface area contributed by atoms with Crippen molar-refractivity contribution >= 4 is 24.1 Å². The molecule has 0 unspecified atom stereocenters. The van der Waals surface area contributed by atoms with Crippen LogP contribution in [0, 0.1) is 0 Å². The summed E-state index contributed by atoms with van der Waals surface area (Å²) >= 11 is 0. The Labute approximate surface area is 90.2 Å². The zero-order valence-electron chi connectivity index (χ0n) is 9.20. The molecule has 15 heavy (non-hydrogen) atoms. The predicted molar refractivity (Wildman–Crippen MR) is 65.2 cm³/mol. The number of methoxy groups -OCH3 is 2. The van der Waals surface area contributed by atoms with E-state index >= 15 is 0 Å². The second kappa shape index (κ2) is 3.85. The number of benzene rings is 2. The van der Waals surface area contributed by atoms with E-state index in [-0.39, 0.29) is 0 Å². The van der Waals surface area contributed by atoms with Gasteiger partial charge < -0.3 is 9.47 Å². The Bertz CT molecular complexity index is 494. The Morgan fingerprint density at radius 2 is 1.73 bits per heavy atom. The number of hydrogen-bond acceptors (Lipinski definition) is 2. The van der Waals surface area contributed by atoms with Crippen LogP contribution in [0.3, 0.4) is 0 Å². The van der Waals surface area contributed by atoms with Gasteiger partial charge in [0, 0.05) is 0 Å². The molecule has 2 aromatic rings. The van der Waals surface area contributed by atoms with Crippen molar-refractivity contribution in [3.8, 4) is 11.5 Å². The highest BCUT2D eigenvalue weighted by molar-refractivity contribution is 6.35. The second-order valence-corrected chi connectivity index (χ2v) is 3.53. The molecule has 0 heterocycles. The Morgan fingerprint density at radius 3 is 2.40 bits per heavy atom. The van der Waals surface area contributed by atoms with Crippen LogP contribution in [0.2, 0.25) is 0 Å². The molecule has 76 valence electrons. The van der Waals surface area contributed by atoms with Crippen molar-refractivity contribution in [2.75, 3.05) is 14.2 Å². The van der Waals surface area contributed by atoms with Crippen molar-refractivity contribution in [2.24, 2.45) is 0 Å². The fourth-order valence-corrected chi connectivity index (χ4v) is 1.72. The lowest BCUT2D eigenvalue weighted by Crippen LogP contribution is -2.06. The lowest BCUT2D eigenvalue weighted by atomic mass is 9.92. The lowest BCUT2D eigenvalue weighted by molar-refractivity contribution is 0.415. The van der Waals surface area contributed by atoms with E-state index in [9.17, 15) is 0 Å². The van der Waals surface area contributed by atoms with Gasteiger partial charge in [-0.3, -0.25) is 0 Å². The Balaban J connectivity index is 2.66. The maximum Gasteiger partial charge on any atom is 0.144 e. The third-order valence-electron chi connectivity index (χ3n) is 2.56. The summed E-state index contributed by atoms with van der Waals surface area (Å²) in [6.07, 6.45) is 0. The molecule has 0 atom stereocenters. The normalized spacial score (nSPS) is 10.3. The molecule has 0 spiro atoms. The summed E-state index contributed by atoms with van der Waals surface area (Å²) in [6.45, 7) is 0. The van der Waals surface area contributed by atoms with Crippen LogP contribution in [0.4, 0.5) is 0 Å². The van der Waals surface area contributed by atoms with Crippen molar-refractivity contribution < 1.29 is 9.47 Å². The van der Waals surface area contributed by atoms with Gasteiger partial charge in [-0.15, -0.1) is 0 Å². The van der Waals surface area contributed by atoms with Gasteiger partial charge in [-0.05, 0) is 34.4 Å². The van der Waals surface area contributed by atoms with Gasteiger partial charge in [-0.25, -0.2) is 0 Å². The summed E-state index contributed by atoms with van der Waals surface area (Å²) in [5.41, 5.74) is 1.15. The molecule has 0 aliphatic rings. The maximum atomic E-state index is 5.29. The monoisotopic (exact) mass is 200 g/mol. The van der Waals surface area contributed by atoms with E-state index < -0.39 is 0 Å². The van der Waals surface area contributed by atoms with Gasteiger partial charge in [0.15, 0.2) is 0 Å². The van der Waals surface area contributed by atoms with Gasteiger partial charge >= 0.3 is 0 Å². The molecular weight excluding hydrogens is 187 g/mol. The molecule has 0 saturated heterocycles. The Kier molecular flexibility index (Phi) is 2.54. The van der Waals surface area contributed by atoms with Gasteiger partial charge in [0.25, 0.3) is 0 Å². The smallest absolute Gasteiger partial charge is 0.144 e. The van der Waals surface area contributed by atoms with Gasteiger partial charge in [-0.2, -0.15) is 0 Å². The molecule has 0 radical (unpaired) electrons. The topological polar surface area (TPSA) is 18.5 Å². The van der Waals surface area contributed by atoms with Crippen molar-refractivity contribution in [3.63, 3.8) is 0 Å². The molecule has 0 fully saturated rings. The van der Waals surface area contributed by atoms with Crippen LogP contribution >= 0.6 is 0 Å². The van der Waals surface area contributed by atoms with E-state index in [2.05, 4.69) is 12.1 Å². The minimum absolute atomic E-state index is 0.869. The molecule has 0 aromatic heterocycles. The molecule has 0 aliphatic carbocycles. The number of hydrogen-bond donors (Lipinski definition) is 0. The average Bonchev–Trinajstić information content (AvgIpc) is 2.27. The Morgan fingerprint density at radius 1 is 0.933 bits per heavy atom. The van der Waals surface area contributed by atoms with E-state index in [1.165, 1.54) is 5.39 Å². The summed E-state index contributed by atoms with van der Waals surface area (Å²) in [6, 6.07) is 10.2. The van der Waals surface area contributed by atoms with Crippen LogP contribution in [0.15, 0.2) is 30.3 Å². The molecule has 2 aromatic carbocycles. The van der Waals surface area contributed by atoms with Gasteiger partial charge in [0.1, 0.15) is 19.3 Å². The van der Waals surface area contributed by atoms with E-state index in [1.807, 2.05) is 26.0 Å². The molecule has 2 rings (SSSR count). The molecule has 2 nitrogen and oxygen atoms in total. The summed E-state index contributed by atoms with van der Waals surface area (Å²) in [5.74, 6) is 1.78. The van der Waals surface area contributed by atoms with Crippen LogP contribution in [0.1, 0.15) is 0 Å². The number of rotatable bonds is 2.